The number of ether oxygens (including phenoxy) is 2. The quantitative estimate of drug-likeness (QED) is 0.189. The lowest BCUT2D eigenvalue weighted by Gasteiger charge is -2.20. The maximum Gasteiger partial charge on any atom is 0.336 e. The van der Waals surface area contributed by atoms with Crippen LogP contribution in [0.1, 0.15) is 57.9 Å². The summed E-state index contributed by atoms with van der Waals surface area (Å²) in [4.78, 5) is 46.1. The van der Waals surface area contributed by atoms with Crippen molar-refractivity contribution in [2.24, 2.45) is 5.92 Å². The Bertz CT molecular complexity index is 910. The third-order valence-corrected chi connectivity index (χ3v) is 4.98. The predicted molar refractivity (Wildman–Crippen MR) is 127 cm³/mol. The lowest BCUT2D eigenvalue weighted by molar-refractivity contribution is -0.167. The summed E-state index contributed by atoms with van der Waals surface area (Å²) in [6.07, 6.45) is 5.35. The van der Waals surface area contributed by atoms with Crippen LogP contribution in [0.15, 0.2) is 30.4 Å². The molecule has 10 heteroatoms. The first kappa shape index (κ1) is 29.6. The number of hydrogen-bond acceptors (Lipinski definition) is 7. The van der Waals surface area contributed by atoms with Gasteiger partial charge in [-0.1, -0.05) is 32.1 Å². The zero-order chi connectivity index (χ0) is 26.4. The summed E-state index contributed by atoms with van der Waals surface area (Å²) in [6.45, 7) is 3.92. The van der Waals surface area contributed by atoms with E-state index in [2.05, 4.69) is 31.3 Å². The molecule has 0 aliphatic rings. The maximum absolute atomic E-state index is 12.1. The van der Waals surface area contributed by atoms with Crippen molar-refractivity contribution in [2.75, 3.05) is 13.7 Å². The highest BCUT2D eigenvalue weighted by molar-refractivity contribution is 5.91. The Morgan fingerprint density at radius 2 is 1.80 bits per heavy atom. The van der Waals surface area contributed by atoms with Gasteiger partial charge in [0, 0.05) is 13.0 Å². The number of methoxy groups -OCH3 is 1. The zero-order valence-electron chi connectivity index (χ0n) is 20.4. The Labute approximate surface area is 204 Å². The molecule has 194 valence electrons. The average Bonchev–Trinajstić information content (AvgIpc) is 2.77. The van der Waals surface area contributed by atoms with Crippen LogP contribution >= 0.6 is 0 Å². The predicted octanol–water partition coefficient (Wildman–Crippen LogP) is 2.71. The molecule has 0 saturated heterocycles. The van der Waals surface area contributed by atoms with Crippen LogP contribution in [-0.4, -0.2) is 58.3 Å². The number of ketones is 1. The number of aliphatic carboxylic acids is 2. The van der Waals surface area contributed by atoms with Crippen LogP contribution in [0.25, 0.3) is 0 Å². The van der Waals surface area contributed by atoms with Gasteiger partial charge < -0.3 is 30.1 Å². The van der Waals surface area contributed by atoms with Crippen LogP contribution in [0.4, 0.5) is 0 Å². The number of rotatable bonds is 17. The number of unbranched alkanes of at least 4 members (excludes halogenated alkanes) is 2. The summed E-state index contributed by atoms with van der Waals surface area (Å²) >= 11 is 0. The van der Waals surface area contributed by atoms with E-state index in [9.17, 15) is 24.3 Å². The van der Waals surface area contributed by atoms with Gasteiger partial charge in [0.05, 0.1) is 20.0 Å². The summed E-state index contributed by atoms with van der Waals surface area (Å²) in [5.41, 5.74) is -1.97. The second-order valence-corrected chi connectivity index (χ2v) is 8.59. The van der Waals surface area contributed by atoms with Gasteiger partial charge >= 0.3 is 11.9 Å². The number of hydrogen-bond donors (Lipinski definition) is 4. The standard InChI is InChI=1S/C25H35NO9/c1-17(2)8-6-4-5-7-9-22(28)26-15-18-10-11-20(21(12-18)34-3)35-16-19(27)13-25(33,24(31)32)14-23(29)30/h6,8,10-12,17,33H,4-5,7,9,13-16H2,1-3H3,(H,26,28)(H,29,30)(H,31,32)/b8-6+. The molecule has 0 aliphatic carbocycles. The molecule has 0 fully saturated rings. The highest BCUT2D eigenvalue weighted by Gasteiger charge is 2.40. The Kier molecular flexibility index (Phi) is 12.5. The number of allylic oxidation sites excluding steroid dienone is 2. The van der Waals surface area contributed by atoms with E-state index in [4.69, 9.17) is 19.7 Å². The van der Waals surface area contributed by atoms with E-state index in [1.54, 1.807) is 12.1 Å². The number of carbonyl (C=O) groups is 4. The molecule has 1 amide bonds. The van der Waals surface area contributed by atoms with Gasteiger partial charge in [-0.25, -0.2) is 4.79 Å². The van der Waals surface area contributed by atoms with Crippen molar-refractivity contribution in [1.29, 1.82) is 0 Å². The average molecular weight is 494 g/mol. The molecular formula is C25H35NO9. The van der Waals surface area contributed by atoms with Gasteiger partial charge in [0.2, 0.25) is 5.91 Å². The number of Topliss-reactive ketones (excluding diaryl/α,β-unsaturated/α-hetero) is 1. The minimum atomic E-state index is -2.72. The maximum atomic E-state index is 12.1. The van der Waals surface area contributed by atoms with Crippen LogP contribution in [0.2, 0.25) is 0 Å². The number of carbonyl (C=O) groups excluding carboxylic acids is 2. The van der Waals surface area contributed by atoms with E-state index in [1.165, 1.54) is 13.2 Å². The second kappa shape index (κ2) is 14.8. The summed E-state index contributed by atoms with van der Waals surface area (Å²) in [5.74, 6) is -3.20. The Morgan fingerprint density at radius 1 is 1.09 bits per heavy atom. The molecule has 1 atom stereocenters. The highest BCUT2D eigenvalue weighted by atomic mass is 16.5. The molecule has 1 unspecified atom stereocenters. The van der Waals surface area contributed by atoms with Crippen LogP contribution in [0.3, 0.4) is 0 Å². The minimum Gasteiger partial charge on any atom is -0.493 e. The Morgan fingerprint density at radius 3 is 2.40 bits per heavy atom. The van der Waals surface area contributed by atoms with Gasteiger partial charge in [-0.2, -0.15) is 0 Å². The number of amides is 1. The number of nitrogens with one attached hydrogen (secondary N) is 1. The van der Waals surface area contributed by atoms with Crippen molar-refractivity contribution in [3.63, 3.8) is 0 Å². The van der Waals surface area contributed by atoms with Gasteiger partial charge in [-0.3, -0.25) is 14.4 Å². The molecule has 0 bridgehead atoms. The summed E-state index contributed by atoms with van der Waals surface area (Å²) in [5, 5.41) is 30.6. The first-order valence-electron chi connectivity index (χ1n) is 11.4. The fourth-order valence-electron chi connectivity index (χ4n) is 3.15. The molecule has 35 heavy (non-hydrogen) atoms. The van der Waals surface area contributed by atoms with Crippen molar-refractivity contribution >= 4 is 23.6 Å². The van der Waals surface area contributed by atoms with E-state index in [-0.39, 0.29) is 18.2 Å². The summed E-state index contributed by atoms with van der Waals surface area (Å²) in [7, 11) is 1.40. The molecular weight excluding hydrogens is 458 g/mol. The van der Waals surface area contributed by atoms with Crippen molar-refractivity contribution in [3.8, 4) is 11.5 Å². The smallest absolute Gasteiger partial charge is 0.336 e. The van der Waals surface area contributed by atoms with E-state index in [0.29, 0.717) is 18.1 Å². The SMILES string of the molecule is COc1cc(CNC(=O)CCCC/C=C/C(C)C)ccc1OCC(=O)CC(O)(CC(=O)O)C(=O)O. The van der Waals surface area contributed by atoms with Crippen LogP contribution in [-0.2, 0) is 25.7 Å². The third kappa shape index (κ3) is 11.5. The molecule has 0 saturated carbocycles. The molecule has 0 aliphatic heterocycles. The monoisotopic (exact) mass is 493 g/mol. The van der Waals surface area contributed by atoms with Crippen LogP contribution in [0, 0.1) is 5.92 Å². The van der Waals surface area contributed by atoms with Gasteiger partial charge in [0.25, 0.3) is 0 Å². The normalized spacial score (nSPS) is 12.8. The van der Waals surface area contributed by atoms with Crippen LogP contribution < -0.4 is 14.8 Å². The second-order valence-electron chi connectivity index (χ2n) is 8.59. The van der Waals surface area contributed by atoms with Crippen molar-refractivity contribution in [2.45, 2.75) is 64.5 Å². The van der Waals surface area contributed by atoms with E-state index in [1.807, 2.05) is 0 Å². The molecule has 4 N–H and O–H groups in total. The number of carboxylic acid groups (broad SMARTS) is 2. The molecule has 0 spiro atoms. The fraction of sp³-hybridized carbons (Fsp3) is 0.520. The molecule has 0 heterocycles. The van der Waals surface area contributed by atoms with E-state index >= 15 is 0 Å². The molecule has 10 nitrogen and oxygen atoms in total. The highest BCUT2D eigenvalue weighted by Crippen LogP contribution is 2.28. The molecule has 1 aromatic carbocycles. The van der Waals surface area contributed by atoms with Gasteiger partial charge in [-0.05, 0) is 42.9 Å². The first-order valence-corrected chi connectivity index (χ1v) is 11.4. The first-order chi connectivity index (χ1) is 16.5. The molecule has 1 aromatic rings. The number of benzene rings is 1. The minimum absolute atomic E-state index is 0.0602. The zero-order valence-corrected chi connectivity index (χ0v) is 20.4. The molecule has 0 radical (unpaired) electrons. The van der Waals surface area contributed by atoms with Gasteiger partial charge in [0.15, 0.2) is 22.9 Å². The summed E-state index contributed by atoms with van der Waals surface area (Å²) in [6, 6.07) is 4.85. The topological polar surface area (TPSA) is 159 Å². The largest absolute Gasteiger partial charge is 0.493 e. The lowest BCUT2D eigenvalue weighted by Crippen LogP contribution is -2.43. The third-order valence-electron chi connectivity index (χ3n) is 4.98. The Hall–Kier alpha value is -3.40. The lowest BCUT2D eigenvalue weighted by atomic mass is 9.93. The van der Waals surface area contributed by atoms with Crippen molar-refractivity contribution < 1.29 is 44.0 Å². The van der Waals surface area contributed by atoms with Gasteiger partial charge in [-0.15, -0.1) is 0 Å². The molecule has 1 rings (SSSR count). The molecule has 0 aromatic heterocycles. The van der Waals surface area contributed by atoms with E-state index < -0.39 is 42.8 Å². The van der Waals surface area contributed by atoms with E-state index in [0.717, 1.165) is 24.8 Å². The summed E-state index contributed by atoms with van der Waals surface area (Å²) < 4.78 is 10.6. The Balaban J connectivity index is 2.56. The van der Waals surface area contributed by atoms with Gasteiger partial charge in [0.1, 0.15) is 6.61 Å². The van der Waals surface area contributed by atoms with Crippen LogP contribution in [0.5, 0.6) is 11.5 Å². The van der Waals surface area contributed by atoms with Crippen molar-refractivity contribution in [1.82, 2.24) is 5.32 Å². The fourth-order valence-corrected chi connectivity index (χ4v) is 3.15. The number of carboxylic acids is 2. The number of aliphatic hydroxyl groups is 1. The van der Waals surface area contributed by atoms with Crippen molar-refractivity contribution in [3.05, 3.63) is 35.9 Å².